The summed E-state index contributed by atoms with van der Waals surface area (Å²) in [6, 6.07) is 9.06. The van der Waals surface area contributed by atoms with Gasteiger partial charge in [0.2, 0.25) is 0 Å². The zero-order chi connectivity index (χ0) is 19.3. The van der Waals surface area contributed by atoms with Crippen molar-refractivity contribution in [1.82, 2.24) is 0 Å². The second-order valence-electron chi connectivity index (χ2n) is 5.23. The summed E-state index contributed by atoms with van der Waals surface area (Å²) in [5.74, 6) is -0.854. The number of halogens is 1. The minimum atomic E-state index is -0.708. The number of hydrogen-bond acceptors (Lipinski definition) is 6. The van der Waals surface area contributed by atoms with Gasteiger partial charge in [0.05, 0.1) is 17.6 Å². The number of carbonyl (C=O) groups is 2. The van der Waals surface area contributed by atoms with E-state index in [1.807, 2.05) is 0 Å². The van der Waals surface area contributed by atoms with Crippen molar-refractivity contribution in [2.45, 2.75) is 6.92 Å². The smallest absolute Gasteiger partial charge is 0.339 e. The Hall–Kier alpha value is -2.94. The molecule has 0 unspecified atom stereocenters. The number of benzene rings is 2. The largest absolute Gasteiger partial charge is 0.497 e. The minimum Gasteiger partial charge on any atom is -0.497 e. The van der Waals surface area contributed by atoms with Crippen LogP contribution in [-0.2, 0) is 9.53 Å². The maximum Gasteiger partial charge on any atom is 0.339 e. The summed E-state index contributed by atoms with van der Waals surface area (Å²) in [6.07, 6.45) is 0. The summed E-state index contributed by atoms with van der Waals surface area (Å²) < 4.78 is 10.5. The van der Waals surface area contributed by atoms with Crippen LogP contribution >= 0.6 is 15.9 Å². The summed E-state index contributed by atoms with van der Waals surface area (Å²) in [5, 5.41) is 13.4. The molecule has 0 aromatic heterocycles. The zero-order valence-electron chi connectivity index (χ0n) is 13.9. The quantitative estimate of drug-likeness (QED) is 0.433. The van der Waals surface area contributed by atoms with Gasteiger partial charge in [-0.15, -0.1) is 0 Å². The van der Waals surface area contributed by atoms with Crippen molar-refractivity contribution in [2.24, 2.45) is 0 Å². The molecule has 0 bridgehead atoms. The van der Waals surface area contributed by atoms with E-state index in [0.717, 1.165) is 0 Å². The van der Waals surface area contributed by atoms with Crippen molar-refractivity contribution in [3.63, 3.8) is 0 Å². The van der Waals surface area contributed by atoms with E-state index in [1.165, 1.54) is 31.4 Å². The first-order valence-electron chi connectivity index (χ1n) is 7.37. The van der Waals surface area contributed by atoms with Gasteiger partial charge in [-0.1, -0.05) is 6.07 Å². The molecule has 0 aliphatic heterocycles. The zero-order valence-corrected chi connectivity index (χ0v) is 15.5. The molecule has 0 saturated carbocycles. The van der Waals surface area contributed by atoms with E-state index in [4.69, 9.17) is 9.47 Å². The van der Waals surface area contributed by atoms with Crippen LogP contribution in [0, 0.1) is 17.0 Å². The molecule has 0 heterocycles. The highest BCUT2D eigenvalue weighted by atomic mass is 79.9. The summed E-state index contributed by atoms with van der Waals surface area (Å²) >= 11 is 3.23. The summed E-state index contributed by atoms with van der Waals surface area (Å²) in [5.41, 5.74) is 0.816. The van der Waals surface area contributed by atoms with E-state index in [-0.39, 0.29) is 16.9 Å². The predicted octanol–water partition coefficient (Wildman–Crippen LogP) is 3.47. The van der Waals surface area contributed by atoms with Crippen LogP contribution in [0.2, 0.25) is 0 Å². The SMILES string of the molecule is COc1ccc(Br)c(C(=O)OCC(=O)Nc2ccc(C)c([N+](=O)[O-])c2)c1. The lowest BCUT2D eigenvalue weighted by Gasteiger charge is -2.09. The Morgan fingerprint density at radius 3 is 2.62 bits per heavy atom. The van der Waals surface area contributed by atoms with E-state index in [0.29, 0.717) is 15.8 Å². The molecular formula is C17H15BrN2O6. The molecule has 0 saturated heterocycles. The Labute approximate surface area is 157 Å². The van der Waals surface area contributed by atoms with Crippen LogP contribution in [0.4, 0.5) is 11.4 Å². The summed E-state index contributed by atoms with van der Waals surface area (Å²) in [4.78, 5) is 34.4. The van der Waals surface area contributed by atoms with Crippen LogP contribution in [0.3, 0.4) is 0 Å². The Morgan fingerprint density at radius 2 is 1.96 bits per heavy atom. The molecule has 0 fully saturated rings. The van der Waals surface area contributed by atoms with Crippen molar-refractivity contribution in [2.75, 3.05) is 19.0 Å². The fraction of sp³-hybridized carbons (Fsp3) is 0.176. The third kappa shape index (κ3) is 4.79. The van der Waals surface area contributed by atoms with E-state index < -0.39 is 23.4 Å². The number of aryl methyl sites for hydroxylation is 1. The van der Waals surface area contributed by atoms with Crippen LogP contribution in [0.15, 0.2) is 40.9 Å². The first-order valence-corrected chi connectivity index (χ1v) is 8.16. The van der Waals surface area contributed by atoms with Crippen LogP contribution in [0.1, 0.15) is 15.9 Å². The molecule has 0 aliphatic carbocycles. The average molecular weight is 423 g/mol. The fourth-order valence-electron chi connectivity index (χ4n) is 2.08. The molecule has 1 N–H and O–H groups in total. The van der Waals surface area contributed by atoms with Gasteiger partial charge < -0.3 is 14.8 Å². The molecule has 1 amide bonds. The number of amides is 1. The van der Waals surface area contributed by atoms with Crippen molar-refractivity contribution >= 4 is 39.2 Å². The van der Waals surface area contributed by atoms with Gasteiger partial charge in [-0.3, -0.25) is 14.9 Å². The van der Waals surface area contributed by atoms with Crippen LogP contribution in [0.25, 0.3) is 0 Å². The maximum atomic E-state index is 12.1. The number of carbonyl (C=O) groups excluding carboxylic acids is 2. The fourth-order valence-corrected chi connectivity index (χ4v) is 2.49. The van der Waals surface area contributed by atoms with Gasteiger partial charge in [0, 0.05) is 21.8 Å². The average Bonchev–Trinajstić information content (AvgIpc) is 2.61. The minimum absolute atomic E-state index is 0.111. The van der Waals surface area contributed by atoms with Gasteiger partial charge in [0.15, 0.2) is 6.61 Å². The molecule has 0 radical (unpaired) electrons. The number of anilines is 1. The predicted molar refractivity (Wildman–Crippen MR) is 97.4 cm³/mol. The van der Waals surface area contributed by atoms with Gasteiger partial charge in [-0.2, -0.15) is 0 Å². The molecule has 2 aromatic carbocycles. The van der Waals surface area contributed by atoms with Crippen molar-refractivity contribution in [3.05, 3.63) is 62.1 Å². The highest BCUT2D eigenvalue weighted by molar-refractivity contribution is 9.10. The van der Waals surface area contributed by atoms with Gasteiger partial charge in [-0.05, 0) is 47.1 Å². The number of ether oxygens (including phenoxy) is 2. The second kappa shape index (κ2) is 8.43. The van der Waals surface area contributed by atoms with Crippen LogP contribution < -0.4 is 10.1 Å². The van der Waals surface area contributed by atoms with E-state index in [2.05, 4.69) is 21.2 Å². The summed E-state index contributed by atoms with van der Waals surface area (Å²) in [6.45, 7) is 1.06. The standard InChI is InChI=1S/C17H15BrN2O6/c1-10-3-4-11(7-15(10)20(23)24)19-16(21)9-26-17(22)13-8-12(25-2)5-6-14(13)18/h3-8H,9H2,1-2H3,(H,19,21). The second-order valence-corrected chi connectivity index (χ2v) is 6.08. The number of nitrogens with one attached hydrogen (secondary N) is 1. The number of rotatable bonds is 6. The monoisotopic (exact) mass is 422 g/mol. The van der Waals surface area contributed by atoms with Crippen molar-refractivity contribution < 1.29 is 24.0 Å². The number of nitro groups is 1. The molecular weight excluding hydrogens is 408 g/mol. The van der Waals surface area contributed by atoms with Gasteiger partial charge in [-0.25, -0.2) is 4.79 Å². The number of hydrogen-bond donors (Lipinski definition) is 1. The Kier molecular flexibility index (Phi) is 6.29. The lowest BCUT2D eigenvalue weighted by molar-refractivity contribution is -0.385. The third-order valence-electron chi connectivity index (χ3n) is 3.42. The lowest BCUT2D eigenvalue weighted by atomic mass is 10.2. The highest BCUT2D eigenvalue weighted by Gasteiger charge is 2.16. The van der Waals surface area contributed by atoms with Gasteiger partial charge in [0.25, 0.3) is 11.6 Å². The molecule has 8 nitrogen and oxygen atoms in total. The van der Waals surface area contributed by atoms with Crippen LogP contribution in [-0.4, -0.2) is 30.5 Å². The molecule has 0 spiro atoms. The number of methoxy groups -OCH3 is 1. The first-order chi connectivity index (χ1) is 12.3. The summed E-state index contributed by atoms with van der Waals surface area (Å²) in [7, 11) is 1.46. The normalized spacial score (nSPS) is 10.1. The molecule has 0 atom stereocenters. The Bertz CT molecular complexity index is 868. The molecule has 2 rings (SSSR count). The van der Waals surface area contributed by atoms with Crippen molar-refractivity contribution in [3.8, 4) is 5.75 Å². The third-order valence-corrected chi connectivity index (χ3v) is 4.11. The molecule has 2 aromatic rings. The topological polar surface area (TPSA) is 108 Å². The Morgan fingerprint density at radius 1 is 1.23 bits per heavy atom. The van der Waals surface area contributed by atoms with E-state index in [9.17, 15) is 19.7 Å². The van der Waals surface area contributed by atoms with Crippen LogP contribution in [0.5, 0.6) is 5.75 Å². The molecule has 9 heteroatoms. The number of nitro benzene ring substituents is 1. The van der Waals surface area contributed by atoms with E-state index in [1.54, 1.807) is 19.1 Å². The lowest BCUT2D eigenvalue weighted by Crippen LogP contribution is -2.21. The van der Waals surface area contributed by atoms with Gasteiger partial charge >= 0.3 is 5.97 Å². The first kappa shape index (κ1) is 19.4. The van der Waals surface area contributed by atoms with Crippen molar-refractivity contribution in [1.29, 1.82) is 0 Å². The molecule has 136 valence electrons. The Balaban J connectivity index is 2.00. The molecule has 26 heavy (non-hydrogen) atoms. The maximum absolute atomic E-state index is 12.1. The number of nitrogens with zero attached hydrogens (tertiary/aromatic N) is 1. The van der Waals surface area contributed by atoms with Gasteiger partial charge in [0.1, 0.15) is 5.75 Å². The highest BCUT2D eigenvalue weighted by Crippen LogP contribution is 2.24. The number of esters is 1. The van der Waals surface area contributed by atoms with E-state index >= 15 is 0 Å². The molecule has 0 aliphatic rings.